The van der Waals surface area contributed by atoms with Crippen molar-refractivity contribution in [3.63, 3.8) is 0 Å². The molecule has 19 heavy (non-hydrogen) atoms. The Hall–Kier alpha value is -0.810. The summed E-state index contributed by atoms with van der Waals surface area (Å²) < 4.78 is 5.37. The van der Waals surface area contributed by atoms with E-state index in [1.165, 1.54) is 30.6 Å². The van der Waals surface area contributed by atoms with Crippen molar-refractivity contribution in [1.82, 2.24) is 10.3 Å². The molecule has 3 rings (SSSR count). The van der Waals surface area contributed by atoms with E-state index in [0.29, 0.717) is 5.41 Å². The highest BCUT2D eigenvalue weighted by Crippen LogP contribution is 2.60. The fourth-order valence-corrected chi connectivity index (χ4v) is 3.72. The summed E-state index contributed by atoms with van der Waals surface area (Å²) in [6.45, 7) is 2.04. The van der Waals surface area contributed by atoms with Gasteiger partial charge in [0.2, 0.25) is 5.88 Å². The summed E-state index contributed by atoms with van der Waals surface area (Å²) >= 11 is 1.71. The van der Waals surface area contributed by atoms with Crippen LogP contribution in [0.5, 0.6) is 5.88 Å². The first kappa shape index (κ1) is 13.2. The van der Waals surface area contributed by atoms with Gasteiger partial charge in [-0.05, 0) is 37.0 Å². The number of hydrogen-bond acceptors (Lipinski definition) is 5. The van der Waals surface area contributed by atoms with Crippen LogP contribution in [0, 0.1) is 11.3 Å². The molecule has 5 heteroatoms. The molecular formula is C14H23N3OS. The van der Waals surface area contributed by atoms with Crippen LogP contribution in [-0.2, 0) is 6.54 Å². The minimum absolute atomic E-state index is 0.655. The second-order valence-corrected chi connectivity index (χ2v) is 7.13. The number of ether oxygens (including phenoxy) is 1. The van der Waals surface area contributed by atoms with Crippen LogP contribution in [-0.4, -0.2) is 32.7 Å². The van der Waals surface area contributed by atoms with Crippen molar-refractivity contribution in [3.8, 4) is 5.88 Å². The Balaban J connectivity index is 1.57. The molecule has 1 aromatic rings. The lowest BCUT2D eigenvalue weighted by atomic mass is 10.0. The van der Waals surface area contributed by atoms with Crippen LogP contribution < -0.4 is 15.0 Å². The SMILES string of the molecule is COc1nc(N(C)C)sc1CNCC1(C2CC2)CC1. The lowest BCUT2D eigenvalue weighted by Crippen LogP contribution is -2.24. The van der Waals surface area contributed by atoms with Crippen LogP contribution in [0.3, 0.4) is 0 Å². The second kappa shape index (κ2) is 4.94. The van der Waals surface area contributed by atoms with Crippen molar-refractivity contribution in [2.24, 2.45) is 11.3 Å². The molecule has 1 aromatic heterocycles. The Morgan fingerprint density at radius 3 is 2.68 bits per heavy atom. The molecule has 1 N–H and O–H groups in total. The molecule has 2 aliphatic carbocycles. The summed E-state index contributed by atoms with van der Waals surface area (Å²) in [6, 6.07) is 0. The standard InChI is InChI=1S/C14H23N3OS/c1-17(2)13-16-12(18-3)11(19-13)8-15-9-14(6-7-14)10-4-5-10/h10,15H,4-9H2,1-3H3. The van der Waals surface area contributed by atoms with Crippen molar-refractivity contribution in [2.75, 3.05) is 32.6 Å². The van der Waals surface area contributed by atoms with Gasteiger partial charge in [-0.2, -0.15) is 4.98 Å². The molecule has 0 atom stereocenters. The Morgan fingerprint density at radius 2 is 2.16 bits per heavy atom. The monoisotopic (exact) mass is 281 g/mol. The maximum atomic E-state index is 5.37. The van der Waals surface area contributed by atoms with Gasteiger partial charge in [-0.3, -0.25) is 0 Å². The summed E-state index contributed by atoms with van der Waals surface area (Å²) in [6.07, 6.45) is 5.76. The summed E-state index contributed by atoms with van der Waals surface area (Å²) in [4.78, 5) is 7.73. The highest BCUT2D eigenvalue weighted by molar-refractivity contribution is 7.15. The van der Waals surface area contributed by atoms with Crippen molar-refractivity contribution in [3.05, 3.63) is 4.88 Å². The van der Waals surface area contributed by atoms with E-state index in [-0.39, 0.29) is 0 Å². The van der Waals surface area contributed by atoms with E-state index >= 15 is 0 Å². The highest BCUT2D eigenvalue weighted by Gasteiger charge is 2.53. The normalized spacial score (nSPS) is 20.4. The van der Waals surface area contributed by atoms with E-state index < -0.39 is 0 Å². The van der Waals surface area contributed by atoms with E-state index in [9.17, 15) is 0 Å². The molecule has 0 aromatic carbocycles. The lowest BCUT2D eigenvalue weighted by Gasteiger charge is -2.14. The van der Waals surface area contributed by atoms with Crippen LogP contribution in [0.2, 0.25) is 0 Å². The van der Waals surface area contributed by atoms with Crippen molar-refractivity contribution < 1.29 is 4.74 Å². The quantitative estimate of drug-likeness (QED) is 0.833. The zero-order valence-electron chi connectivity index (χ0n) is 12.0. The fraction of sp³-hybridized carbons (Fsp3) is 0.786. The van der Waals surface area contributed by atoms with E-state index in [2.05, 4.69) is 10.3 Å². The van der Waals surface area contributed by atoms with E-state index in [0.717, 1.165) is 30.0 Å². The number of nitrogens with zero attached hydrogens (tertiary/aromatic N) is 2. The number of aromatic nitrogens is 1. The summed E-state index contributed by atoms with van der Waals surface area (Å²) in [7, 11) is 5.73. The molecule has 0 radical (unpaired) electrons. The Kier molecular flexibility index (Phi) is 3.43. The number of thiazole rings is 1. The van der Waals surface area contributed by atoms with Gasteiger partial charge < -0.3 is 15.0 Å². The van der Waals surface area contributed by atoms with E-state index in [4.69, 9.17) is 4.74 Å². The molecule has 2 aliphatic rings. The lowest BCUT2D eigenvalue weighted by molar-refractivity contribution is 0.384. The number of methoxy groups -OCH3 is 1. The zero-order chi connectivity index (χ0) is 13.5. The second-order valence-electron chi connectivity index (χ2n) is 6.06. The van der Waals surface area contributed by atoms with E-state index in [1.54, 1.807) is 18.4 Å². The smallest absolute Gasteiger partial charge is 0.230 e. The third-order valence-electron chi connectivity index (χ3n) is 4.32. The van der Waals surface area contributed by atoms with Gasteiger partial charge in [-0.15, -0.1) is 0 Å². The molecule has 0 spiro atoms. The van der Waals surface area contributed by atoms with Crippen molar-refractivity contribution in [2.45, 2.75) is 32.2 Å². The molecule has 2 saturated carbocycles. The Labute approximate surface area is 119 Å². The molecule has 0 bridgehead atoms. The van der Waals surface area contributed by atoms with Crippen molar-refractivity contribution >= 4 is 16.5 Å². The van der Waals surface area contributed by atoms with Crippen LogP contribution in [0.15, 0.2) is 0 Å². The molecule has 0 amide bonds. The van der Waals surface area contributed by atoms with Gasteiger partial charge in [0.1, 0.15) is 0 Å². The molecular weight excluding hydrogens is 258 g/mol. The maximum absolute atomic E-state index is 5.37. The van der Waals surface area contributed by atoms with Gasteiger partial charge in [0.05, 0.1) is 12.0 Å². The van der Waals surface area contributed by atoms with Gasteiger partial charge in [-0.25, -0.2) is 0 Å². The number of nitrogens with one attached hydrogen (secondary N) is 1. The van der Waals surface area contributed by atoms with E-state index in [1.807, 2.05) is 19.0 Å². The fourth-order valence-electron chi connectivity index (χ4n) is 2.80. The molecule has 106 valence electrons. The summed E-state index contributed by atoms with van der Waals surface area (Å²) in [5.41, 5.74) is 0.655. The Morgan fingerprint density at radius 1 is 1.42 bits per heavy atom. The van der Waals surface area contributed by atoms with Gasteiger partial charge in [0.25, 0.3) is 0 Å². The molecule has 0 unspecified atom stereocenters. The average Bonchev–Trinajstić information content (AvgIpc) is 3.26. The minimum atomic E-state index is 0.655. The molecule has 0 saturated heterocycles. The summed E-state index contributed by atoms with van der Waals surface area (Å²) in [5, 5.41) is 4.64. The maximum Gasteiger partial charge on any atom is 0.230 e. The predicted molar refractivity (Wildman–Crippen MR) is 79.1 cm³/mol. The highest BCUT2D eigenvalue weighted by atomic mass is 32.1. The predicted octanol–water partition coefficient (Wildman–Crippen LogP) is 2.50. The summed E-state index contributed by atoms with van der Waals surface area (Å²) in [5.74, 6) is 1.79. The first-order valence-corrected chi connectivity index (χ1v) is 7.88. The van der Waals surface area contributed by atoms with Gasteiger partial charge in [0, 0.05) is 27.2 Å². The topological polar surface area (TPSA) is 37.4 Å². The van der Waals surface area contributed by atoms with Gasteiger partial charge in [-0.1, -0.05) is 11.3 Å². The van der Waals surface area contributed by atoms with Crippen molar-refractivity contribution in [1.29, 1.82) is 0 Å². The van der Waals surface area contributed by atoms with Crippen LogP contribution in [0.25, 0.3) is 0 Å². The van der Waals surface area contributed by atoms with Gasteiger partial charge in [0.15, 0.2) is 5.13 Å². The first-order valence-electron chi connectivity index (χ1n) is 7.06. The third-order valence-corrected chi connectivity index (χ3v) is 5.53. The number of rotatable bonds is 7. The number of hydrogen-bond donors (Lipinski definition) is 1. The first-order chi connectivity index (χ1) is 9.14. The zero-order valence-corrected chi connectivity index (χ0v) is 12.8. The molecule has 2 fully saturated rings. The van der Waals surface area contributed by atoms with Gasteiger partial charge >= 0.3 is 0 Å². The average molecular weight is 281 g/mol. The largest absolute Gasteiger partial charge is 0.480 e. The van der Waals surface area contributed by atoms with Crippen LogP contribution >= 0.6 is 11.3 Å². The number of anilines is 1. The third kappa shape index (κ3) is 2.72. The molecule has 1 heterocycles. The molecule has 4 nitrogen and oxygen atoms in total. The van der Waals surface area contributed by atoms with Crippen LogP contribution in [0.1, 0.15) is 30.6 Å². The molecule has 0 aliphatic heterocycles. The van der Waals surface area contributed by atoms with Crippen LogP contribution in [0.4, 0.5) is 5.13 Å². The minimum Gasteiger partial charge on any atom is -0.480 e. The Bertz CT molecular complexity index is 450.